The first-order valence-corrected chi connectivity index (χ1v) is 3.82. The molecule has 60 valence electrons. The number of anilines is 1. The van der Waals surface area contributed by atoms with Crippen LogP contribution in [-0.2, 0) is 0 Å². The number of pyridine rings is 2. The number of nitrogen functional groups attached to an aromatic ring is 1. The lowest BCUT2D eigenvalue weighted by Crippen LogP contribution is -1.92. The highest BCUT2D eigenvalue weighted by Gasteiger charge is 2.00. The smallest absolute Gasteiger partial charge is 0.143 e. The van der Waals surface area contributed by atoms with E-state index in [0.29, 0.717) is 10.8 Å². The standard InChI is InChI=1S/C8H6ClN3/c9-5-4-7-6(12-8(5)10)2-1-3-11-7/h1-4H,(H2,10,12). The van der Waals surface area contributed by atoms with Crippen molar-refractivity contribution in [3.8, 4) is 0 Å². The van der Waals surface area contributed by atoms with Crippen LogP contribution < -0.4 is 5.73 Å². The van der Waals surface area contributed by atoms with Gasteiger partial charge in [-0.05, 0) is 18.2 Å². The molecule has 0 radical (unpaired) electrons. The van der Waals surface area contributed by atoms with E-state index in [1.807, 2.05) is 12.1 Å². The van der Waals surface area contributed by atoms with Gasteiger partial charge in [-0.25, -0.2) is 4.98 Å². The van der Waals surface area contributed by atoms with Crippen molar-refractivity contribution < 1.29 is 0 Å². The molecule has 0 aliphatic heterocycles. The molecule has 0 unspecified atom stereocenters. The monoisotopic (exact) mass is 179 g/mol. The van der Waals surface area contributed by atoms with Crippen LogP contribution in [0.15, 0.2) is 24.4 Å². The highest BCUT2D eigenvalue weighted by Crippen LogP contribution is 2.20. The van der Waals surface area contributed by atoms with Crippen LogP contribution >= 0.6 is 11.6 Å². The third kappa shape index (κ3) is 1.08. The van der Waals surface area contributed by atoms with E-state index in [0.717, 1.165) is 11.0 Å². The first-order valence-electron chi connectivity index (χ1n) is 3.44. The van der Waals surface area contributed by atoms with Gasteiger partial charge in [0, 0.05) is 6.20 Å². The minimum atomic E-state index is 0.345. The third-order valence-electron chi connectivity index (χ3n) is 1.57. The SMILES string of the molecule is Nc1nc2cccnc2cc1Cl. The molecule has 2 rings (SSSR count). The van der Waals surface area contributed by atoms with Crippen molar-refractivity contribution in [2.45, 2.75) is 0 Å². The number of aromatic nitrogens is 2. The van der Waals surface area contributed by atoms with Gasteiger partial charge in [-0.2, -0.15) is 0 Å². The van der Waals surface area contributed by atoms with Crippen LogP contribution in [0, 0.1) is 0 Å². The number of hydrogen-bond donors (Lipinski definition) is 1. The maximum atomic E-state index is 5.76. The van der Waals surface area contributed by atoms with E-state index in [1.165, 1.54) is 0 Å². The first kappa shape index (κ1) is 7.31. The van der Waals surface area contributed by atoms with Crippen molar-refractivity contribution in [2.75, 3.05) is 5.73 Å². The fourth-order valence-electron chi connectivity index (χ4n) is 0.992. The average Bonchev–Trinajstić information content (AvgIpc) is 2.07. The summed E-state index contributed by atoms with van der Waals surface area (Å²) in [5.74, 6) is 0.345. The van der Waals surface area contributed by atoms with Gasteiger partial charge in [0.1, 0.15) is 5.82 Å². The highest BCUT2D eigenvalue weighted by atomic mass is 35.5. The number of halogens is 1. The molecule has 12 heavy (non-hydrogen) atoms. The van der Waals surface area contributed by atoms with Crippen molar-refractivity contribution >= 4 is 28.5 Å². The molecule has 0 spiro atoms. The van der Waals surface area contributed by atoms with Crippen LogP contribution in [0.25, 0.3) is 11.0 Å². The molecular weight excluding hydrogens is 174 g/mol. The van der Waals surface area contributed by atoms with E-state index < -0.39 is 0 Å². The first-order chi connectivity index (χ1) is 5.77. The number of hydrogen-bond acceptors (Lipinski definition) is 3. The minimum absolute atomic E-state index is 0.345. The van der Waals surface area contributed by atoms with Gasteiger partial charge in [0.2, 0.25) is 0 Å². The predicted octanol–water partition coefficient (Wildman–Crippen LogP) is 1.87. The summed E-state index contributed by atoms with van der Waals surface area (Å²) >= 11 is 5.76. The molecule has 0 aliphatic rings. The second-order valence-corrected chi connectivity index (χ2v) is 2.80. The number of nitrogens with two attached hydrogens (primary N) is 1. The summed E-state index contributed by atoms with van der Waals surface area (Å²) in [7, 11) is 0. The largest absolute Gasteiger partial charge is 0.382 e. The minimum Gasteiger partial charge on any atom is -0.382 e. The molecule has 0 aromatic carbocycles. The quantitative estimate of drug-likeness (QED) is 0.672. The molecule has 0 bridgehead atoms. The molecule has 0 amide bonds. The zero-order valence-corrected chi connectivity index (χ0v) is 6.92. The maximum Gasteiger partial charge on any atom is 0.143 e. The lowest BCUT2D eigenvalue weighted by atomic mass is 10.3. The Labute approximate surface area is 74.2 Å². The molecule has 0 aliphatic carbocycles. The van der Waals surface area contributed by atoms with Crippen molar-refractivity contribution in [2.24, 2.45) is 0 Å². The Balaban J connectivity index is 2.84. The van der Waals surface area contributed by atoms with Crippen LogP contribution in [0.1, 0.15) is 0 Å². The van der Waals surface area contributed by atoms with Gasteiger partial charge in [0.05, 0.1) is 16.1 Å². The zero-order chi connectivity index (χ0) is 8.55. The van der Waals surface area contributed by atoms with E-state index in [1.54, 1.807) is 12.3 Å². The van der Waals surface area contributed by atoms with Gasteiger partial charge >= 0.3 is 0 Å². The van der Waals surface area contributed by atoms with E-state index in [-0.39, 0.29) is 0 Å². The number of fused-ring (bicyclic) bond motifs is 1. The third-order valence-corrected chi connectivity index (χ3v) is 1.87. The summed E-state index contributed by atoms with van der Waals surface area (Å²) in [5, 5.41) is 0.446. The van der Waals surface area contributed by atoms with E-state index in [2.05, 4.69) is 9.97 Å². The fourth-order valence-corrected chi connectivity index (χ4v) is 1.14. The molecule has 4 heteroatoms. The van der Waals surface area contributed by atoms with Crippen LogP contribution in [0.3, 0.4) is 0 Å². The molecule has 0 atom stereocenters. The van der Waals surface area contributed by atoms with Gasteiger partial charge < -0.3 is 5.73 Å². The number of rotatable bonds is 0. The van der Waals surface area contributed by atoms with Crippen LogP contribution in [0.5, 0.6) is 0 Å². The molecule has 0 saturated carbocycles. The fraction of sp³-hybridized carbons (Fsp3) is 0. The average molecular weight is 180 g/mol. The highest BCUT2D eigenvalue weighted by molar-refractivity contribution is 6.33. The van der Waals surface area contributed by atoms with E-state index in [4.69, 9.17) is 17.3 Å². The summed E-state index contributed by atoms with van der Waals surface area (Å²) in [6.07, 6.45) is 1.69. The molecule has 0 fully saturated rings. The van der Waals surface area contributed by atoms with Crippen LogP contribution in [0.4, 0.5) is 5.82 Å². The van der Waals surface area contributed by atoms with Crippen LogP contribution in [-0.4, -0.2) is 9.97 Å². The Bertz CT molecular complexity index is 387. The normalized spacial score (nSPS) is 10.4. The molecule has 2 aromatic heterocycles. The Kier molecular flexibility index (Phi) is 1.59. The second-order valence-electron chi connectivity index (χ2n) is 2.40. The lowest BCUT2D eigenvalue weighted by Gasteiger charge is -1.98. The lowest BCUT2D eigenvalue weighted by molar-refractivity contribution is 1.34. The second kappa shape index (κ2) is 2.60. The number of nitrogens with zero attached hydrogens (tertiary/aromatic N) is 2. The van der Waals surface area contributed by atoms with Crippen LogP contribution in [0.2, 0.25) is 5.02 Å². The van der Waals surface area contributed by atoms with Crippen molar-refractivity contribution in [3.63, 3.8) is 0 Å². The Morgan fingerprint density at radius 1 is 1.33 bits per heavy atom. The van der Waals surface area contributed by atoms with Gasteiger partial charge in [-0.3, -0.25) is 4.98 Å². The summed E-state index contributed by atoms with van der Waals surface area (Å²) in [5.41, 5.74) is 7.04. The summed E-state index contributed by atoms with van der Waals surface area (Å²) in [4.78, 5) is 8.14. The van der Waals surface area contributed by atoms with Gasteiger partial charge in [0.25, 0.3) is 0 Å². The maximum absolute atomic E-state index is 5.76. The predicted molar refractivity (Wildman–Crippen MR) is 49.0 cm³/mol. The van der Waals surface area contributed by atoms with E-state index >= 15 is 0 Å². The molecule has 2 N–H and O–H groups in total. The topological polar surface area (TPSA) is 51.8 Å². The van der Waals surface area contributed by atoms with Crippen molar-refractivity contribution in [1.82, 2.24) is 9.97 Å². The molecule has 0 saturated heterocycles. The van der Waals surface area contributed by atoms with Crippen molar-refractivity contribution in [1.29, 1.82) is 0 Å². The summed E-state index contributed by atoms with van der Waals surface area (Å²) in [6.45, 7) is 0. The van der Waals surface area contributed by atoms with Gasteiger partial charge in [0.15, 0.2) is 0 Å². The van der Waals surface area contributed by atoms with E-state index in [9.17, 15) is 0 Å². The molecule has 3 nitrogen and oxygen atoms in total. The molecule has 2 heterocycles. The molecular formula is C8H6ClN3. The van der Waals surface area contributed by atoms with Gasteiger partial charge in [-0.1, -0.05) is 11.6 Å². The molecule has 2 aromatic rings. The van der Waals surface area contributed by atoms with Crippen molar-refractivity contribution in [3.05, 3.63) is 29.4 Å². The Morgan fingerprint density at radius 2 is 2.17 bits per heavy atom. The summed E-state index contributed by atoms with van der Waals surface area (Å²) in [6, 6.07) is 5.36. The van der Waals surface area contributed by atoms with Gasteiger partial charge in [-0.15, -0.1) is 0 Å². The summed E-state index contributed by atoms with van der Waals surface area (Å²) < 4.78 is 0. The Hall–Kier alpha value is -1.35. The Morgan fingerprint density at radius 3 is 3.00 bits per heavy atom. The zero-order valence-electron chi connectivity index (χ0n) is 6.16.